The highest BCUT2D eigenvalue weighted by atomic mass is 32.2. The molecular weight excluding hydrogens is 537 g/mol. The van der Waals surface area contributed by atoms with E-state index in [0.29, 0.717) is 23.7 Å². The average Bonchev–Trinajstić information content (AvgIpc) is 2.92. The lowest BCUT2D eigenvalue weighted by Gasteiger charge is -2.32. The first-order valence-corrected chi connectivity index (χ1v) is 17.0. The molecule has 2 aromatic rings. The molecule has 1 fully saturated rings. The molecule has 1 aliphatic carbocycles. The van der Waals surface area contributed by atoms with Crippen molar-refractivity contribution >= 4 is 35.4 Å². The van der Waals surface area contributed by atoms with Crippen LogP contribution in [0, 0.1) is 18.8 Å². The zero-order valence-electron chi connectivity index (χ0n) is 24.9. The first kappa shape index (κ1) is 32.6. The van der Waals surface area contributed by atoms with E-state index in [1.165, 1.54) is 32.1 Å². The molecule has 0 aromatic heterocycles. The molecule has 2 aromatic carbocycles. The summed E-state index contributed by atoms with van der Waals surface area (Å²) >= 11 is 3.55. The number of hydrogen-bond acceptors (Lipinski definition) is 5. The SMILES string of the molecule is CSCCC(NC(=O)c1ccc(C(N)C(CSC(C)(C)C)CC2CCCCC2)cc1-c1ccccc1C)C(=O)O. The molecule has 0 saturated heterocycles. The molecule has 0 spiro atoms. The number of carboxylic acid groups (broad SMARTS) is 1. The van der Waals surface area contributed by atoms with Gasteiger partial charge in [0.05, 0.1) is 0 Å². The van der Waals surface area contributed by atoms with Crippen molar-refractivity contribution in [1.29, 1.82) is 0 Å². The van der Waals surface area contributed by atoms with Crippen LogP contribution in [0.3, 0.4) is 0 Å². The standard InChI is InChI=1S/C33H48N2O3S2/c1-22-11-9-10-14-26(22)28-20-24(15-16-27(28)31(36)35-29(32(37)38)17-18-39-5)30(34)25(21-40-33(2,3)4)19-23-12-7-6-8-13-23/h9-11,14-16,20,23,25,29-30H,6-8,12-13,17-19,21,34H2,1-5H3,(H,35,36)(H,37,38). The van der Waals surface area contributed by atoms with E-state index in [0.717, 1.165) is 40.3 Å². The lowest BCUT2D eigenvalue weighted by atomic mass is 9.79. The van der Waals surface area contributed by atoms with E-state index in [-0.39, 0.29) is 16.7 Å². The van der Waals surface area contributed by atoms with Gasteiger partial charge in [0.1, 0.15) is 6.04 Å². The second-order valence-electron chi connectivity index (χ2n) is 12.2. The summed E-state index contributed by atoms with van der Waals surface area (Å²) in [4.78, 5) is 25.4. The van der Waals surface area contributed by atoms with Crippen molar-refractivity contribution in [2.24, 2.45) is 17.6 Å². The molecule has 1 aliphatic rings. The van der Waals surface area contributed by atoms with Gasteiger partial charge in [0.15, 0.2) is 0 Å². The molecular formula is C33H48N2O3S2. The fourth-order valence-corrected chi connectivity index (χ4v) is 7.12. The predicted octanol–water partition coefficient (Wildman–Crippen LogP) is 7.72. The van der Waals surface area contributed by atoms with E-state index in [1.54, 1.807) is 11.8 Å². The Morgan fingerprint density at radius 1 is 1.07 bits per heavy atom. The second kappa shape index (κ2) is 15.3. The fourth-order valence-electron chi connectivity index (χ4n) is 5.59. The fraction of sp³-hybridized carbons (Fsp3) is 0.576. The van der Waals surface area contributed by atoms with Gasteiger partial charge in [0.25, 0.3) is 5.91 Å². The zero-order chi connectivity index (χ0) is 29.3. The summed E-state index contributed by atoms with van der Waals surface area (Å²) in [6.45, 7) is 8.81. The number of rotatable bonds is 13. The van der Waals surface area contributed by atoms with Crippen molar-refractivity contribution in [3.05, 3.63) is 59.2 Å². The van der Waals surface area contributed by atoms with Gasteiger partial charge in [-0.1, -0.05) is 83.2 Å². The molecule has 1 amide bonds. The lowest BCUT2D eigenvalue weighted by molar-refractivity contribution is -0.139. The average molecular weight is 585 g/mol. The summed E-state index contributed by atoms with van der Waals surface area (Å²) in [6.07, 6.45) is 9.98. The van der Waals surface area contributed by atoms with Gasteiger partial charge in [-0.3, -0.25) is 4.79 Å². The van der Waals surface area contributed by atoms with Crippen molar-refractivity contribution < 1.29 is 14.7 Å². The Morgan fingerprint density at radius 2 is 1.77 bits per heavy atom. The number of benzene rings is 2. The third kappa shape index (κ3) is 9.56. The van der Waals surface area contributed by atoms with E-state index < -0.39 is 12.0 Å². The topological polar surface area (TPSA) is 92.4 Å². The summed E-state index contributed by atoms with van der Waals surface area (Å²) in [5.41, 5.74) is 11.4. The highest BCUT2D eigenvalue weighted by Gasteiger charge is 2.28. The molecule has 0 heterocycles. The van der Waals surface area contributed by atoms with Crippen LogP contribution in [0.5, 0.6) is 0 Å². The number of nitrogens with one attached hydrogen (secondary N) is 1. The lowest BCUT2D eigenvalue weighted by Crippen LogP contribution is -2.41. The molecule has 5 nitrogen and oxygen atoms in total. The minimum Gasteiger partial charge on any atom is -0.480 e. The van der Waals surface area contributed by atoms with Crippen LogP contribution in [0.1, 0.15) is 93.2 Å². The van der Waals surface area contributed by atoms with E-state index in [4.69, 9.17) is 5.73 Å². The summed E-state index contributed by atoms with van der Waals surface area (Å²) in [5, 5.41) is 12.5. The number of carbonyl (C=O) groups excluding carboxylic acids is 1. The summed E-state index contributed by atoms with van der Waals surface area (Å²) in [6, 6.07) is 12.8. The maximum absolute atomic E-state index is 13.5. The second-order valence-corrected chi connectivity index (χ2v) is 15.0. The van der Waals surface area contributed by atoms with Crippen molar-refractivity contribution in [3.63, 3.8) is 0 Å². The Kier molecular flexibility index (Phi) is 12.5. The number of aliphatic carboxylic acids is 1. The van der Waals surface area contributed by atoms with Crippen molar-refractivity contribution in [3.8, 4) is 11.1 Å². The molecule has 4 N–H and O–H groups in total. The molecule has 3 rings (SSSR count). The van der Waals surface area contributed by atoms with Crippen LogP contribution in [0.15, 0.2) is 42.5 Å². The molecule has 1 saturated carbocycles. The van der Waals surface area contributed by atoms with E-state index in [2.05, 4.69) is 32.2 Å². The van der Waals surface area contributed by atoms with E-state index in [1.807, 2.05) is 61.3 Å². The summed E-state index contributed by atoms with van der Waals surface area (Å²) in [7, 11) is 0. The molecule has 3 unspecified atom stereocenters. The van der Waals surface area contributed by atoms with Gasteiger partial charge in [-0.05, 0) is 83.7 Å². The number of thioether (sulfide) groups is 2. The predicted molar refractivity (Wildman–Crippen MR) is 172 cm³/mol. The number of amides is 1. The highest BCUT2D eigenvalue weighted by molar-refractivity contribution is 8.00. The van der Waals surface area contributed by atoms with Crippen LogP contribution in [0.25, 0.3) is 11.1 Å². The molecule has 40 heavy (non-hydrogen) atoms. The first-order valence-electron chi connectivity index (χ1n) is 14.6. The highest BCUT2D eigenvalue weighted by Crippen LogP contribution is 2.39. The molecule has 3 atom stereocenters. The number of hydrogen-bond donors (Lipinski definition) is 3. The minimum atomic E-state index is -1.01. The van der Waals surface area contributed by atoms with Crippen LogP contribution < -0.4 is 11.1 Å². The first-order chi connectivity index (χ1) is 19.0. The van der Waals surface area contributed by atoms with E-state index >= 15 is 0 Å². The smallest absolute Gasteiger partial charge is 0.326 e. The molecule has 0 radical (unpaired) electrons. The monoisotopic (exact) mass is 584 g/mol. The largest absolute Gasteiger partial charge is 0.480 e. The third-order valence-corrected chi connectivity index (χ3v) is 10.0. The Bertz CT molecular complexity index is 1120. The van der Waals surface area contributed by atoms with Gasteiger partial charge in [-0.15, -0.1) is 0 Å². The quantitative estimate of drug-likeness (QED) is 0.223. The van der Waals surface area contributed by atoms with Gasteiger partial charge in [0, 0.05) is 16.4 Å². The van der Waals surface area contributed by atoms with Crippen molar-refractivity contribution in [1.82, 2.24) is 5.32 Å². The van der Waals surface area contributed by atoms with Crippen LogP contribution in [0.4, 0.5) is 0 Å². The summed E-state index contributed by atoms with van der Waals surface area (Å²) in [5.74, 6) is 1.33. The number of carbonyl (C=O) groups is 2. The van der Waals surface area contributed by atoms with Gasteiger partial charge >= 0.3 is 5.97 Å². The van der Waals surface area contributed by atoms with Crippen LogP contribution in [-0.4, -0.2) is 45.5 Å². The number of nitrogens with two attached hydrogens (primary N) is 1. The Morgan fingerprint density at radius 3 is 2.40 bits per heavy atom. The Hall–Kier alpha value is -1.96. The molecule has 0 aliphatic heterocycles. The molecule has 7 heteroatoms. The van der Waals surface area contributed by atoms with Gasteiger partial charge in [-0.25, -0.2) is 4.79 Å². The van der Waals surface area contributed by atoms with Gasteiger partial charge in [0.2, 0.25) is 0 Å². The van der Waals surface area contributed by atoms with Gasteiger partial charge < -0.3 is 16.2 Å². The van der Waals surface area contributed by atoms with Crippen LogP contribution in [-0.2, 0) is 4.79 Å². The maximum Gasteiger partial charge on any atom is 0.326 e. The minimum absolute atomic E-state index is 0.148. The van der Waals surface area contributed by atoms with Crippen LogP contribution >= 0.6 is 23.5 Å². The van der Waals surface area contributed by atoms with E-state index in [9.17, 15) is 14.7 Å². The van der Waals surface area contributed by atoms with Gasteiger partial charge in [-0.2, -0.15) is 23.5 Å². The normalized spacial score (nSPS) is 16.8. The Balaban J connectivity index is 1.97. The Labute approximate surface area is 249 Å². The molecule has 220 valence electrons. The summed E-state index contributed by atoms with van der Waals surface area (Å²) < 4.78 is 0.162. The number of carboxylic acids is 1. The van der Waals surface area contributed by atoms with Crippen molar-refractivity contribution in [2.45, 2.75) is 89.5 Å². The number of aryl methyl sites for hydroxylation is 1. The zero-order valence-corrected chi connectivity index (χ0v) is 26.5. The van der Waals surface area contributed by atoms with Crippen molar-refractivity contribution in [2.75, 3.05) is 17.8 Å². The maximum atomic E-state index is 13.5. The third-order valence-electron chi connectivity index (χ3n) is 7.92. The van der Waals surface area contributed by atoms with Crippen LogP contribution in [0.2, 0.25) is 0 Å². The molecule has 0 bridgehead atoms.